The van der Waals surface area contributed by atoms with Gasteiger partial charge in [-0.3, -0.25) is 5.41 Å². The van der Waals surface area contributed by atoms with Gasteiger partial charge in [0.25, 0.3) is 0 Å². The smallest absolute Gasteiger partial charge is 0.188 e. The van der Waals surface area contributed by atoms with E-state index in [0.29, 0.717) is 28.5 Å². The number of aryl methyl sites for hydroxylation is 2. The quantitative estimate of drug-likeness (QED) is 0.0999. The molecule has 9 aromatic carbocycles. The number of aliphatic imine (C=N–C) groups is 2. The maximum absolute atomic E-state index is 10.1. The number of benzene rings is 9. The average molecular weight is 884 g/mol. The highest BCUT2D eigenvalue weighted by molar-refractivity contribution is 7.21. The second kappa shape index (κ2) is 16.9. The van der Waals surface area contributed by atoms with Crippen molar-refractivity contribution in [1.29, 1.82) is 5.41 Å². The Bertz CT molecular complexity index is 3260. The van der Waals surface area contributed by atoms with Gasteiger partial charge in [0.05, 0.1) is 11.1 Å². The fourth-order valence-electron chi connectivity index (χ4n) is 10.3. The molecule has 11 rings (SSSR count). The number of fused-ring (bicyclic) bond motifs is 4. The van der Waals surface area contributed by atoms with Crippen LogP contribution in [-0.2, 0) is 0 Å². The minimum Gasteiger partial charge on any atom is -0.457 e. The van der Waals surface area contributed by atoms with Crippen LogP contribution >= 0.6 is 0 Å². The summed E-state index contributed by atoms with van der Waals surface area (Å²) < 4.78 is 14.1. The summed E-state index contributed by atoms with van der Waals surface area (Å²) in [5.41, 5.74) is 4.48. The van der Waals surface area contributed by atoms with Crippen molar-refractivity contribution in [2.75, 3.05) is 0 Å². The molecule has 0 amide bonds. The molecule has 1 N–H and O–H groups in total. The highest BCUT2D eigenvalue weighted by Gasteiger charge is 2.50. The summed E-state index contributed by atoms with van der Waals surface area (Å²) in [6.07, 6.45) is 1.89. The van der Waals surface area contributed by atoms with Crippen LogP contribution in [0.5, 0.6) is 23.0 Å². The Balaban J connectivity index is 1.16. The lowest BCUT2D eigenvalue weighted by Crippen LogP contribution is -2.76. The molecule has 0 saturated heterocycles. The molecule has 66 heavy (non-hydrogen) atoms. The first-order chi connectivity index (χ1) is 32.5. The number of ether oxygens (including phenoxy) is 2. The number of amidine groups is 2. The van der Waals surface area contributed by atoms with E-state index >= 15 is 0 Å². The standard InChI is InChI=1S/C59H45N3O2Si2/c1-41-22-19-23-42(2)49(41)40-61-59(48-33-21-39-55-57(48)64-51-35-16-18-37-53(51)66(55,45-28-11-5-12-29-45)46-30-13-6-14-31-46)62-58(60)47-32-20-38-54-56(47)63-50-34-15-17-36-52(50)65(54,43-24-7-3-8-25-43)44-26-9-4-10-27-44/h3-40,60H,1-2H3. The van der Waals surface area contributed by atoms with Gasteiger partial charge in [0.1, 0.15) is 23.0 Å². The van der Waals surface area contributed by atoms with Crippen LogP contribution in [0, 0.1) is 19.3 Å². The summed E-state index contributed by atoms with van der Waals surface area (Å²) in [6.45, 7) is 4.19. The van der Waals surface area contributed by atoms with Crippen molar-refractivity contribution in [3.05, 3.63) is 252 Å². The monoisotopic (exact) mass is 883 g/mol. The first-order valence-corrected chi connectivity index (χ1v) is 26.3. The Labute approximate surface area is 387 Å². The molecule has 0 atom stereocenters. The fraction of sp³-hybridized carbons (Fsp3) is 0.0339. The molecule has 2 heterocycles. The van der Waals surface area contributed by atoms with Gasteiger partial charge in [0.2, 0.25) is 0 Å². The molecule has 0 aliphatic carbocycles. The van der Waals surface area contributed by atoms with E-state index < -0.39 is 16.1 Å². The van der Waals surface area contributed by atoms with E-state index in [0.717, 1.165) is 38.6 Å². The first-order valence-electron chi connectivity index (χ1n) is 22.3. The van der Waals surface area contributed by atoms with Gasteiger partial charge in [-0.1, -0.05) is 200 Å². The molecular weight excluding hydrogens is 839 g/mol. The first kappa shape index (κ1) is 40.8. The van der Waals surface area contributed by atoms with Crippen molar-refractivity contribution >= 4 is 75.5 Å². The van der Waals surface area contributed by atoms with Gasteiger partial charge in [0.15, 0.2) is 27.8 Å². The Kier molecular flexibility index (Phi) is 10.4. The number of hydrogen-bond acceptors (Lipinski definition) is 3. The summed E-state index contributed by atoms with van der Waals surface area (Å²) in [6, 6.07) is 78.9. The predicted octanol–water partition coefficient (Wildman–Crippen LogP) is 8.16. The number of para-hydroxylation sites is 4. The zero-order chi connectivity index (χ0) is 44.7. The summed E-state index contributed by atoms with van der Waals surface area (Å²) in [5, 5.41) is 19.5. The highest BCUT2D eigenvalue weighted by Crippen LogP contribution is 2.35. The normalized spacial score (nSPS) is 14.2. The highest BCUT2D eigenvalue weighted by atomic mass is 28.3. The zero-order valence-electron chi connectivity index (χ0n) is 36.7. The van der Waals surface area contributed by atoms with Gasteiger partial charge < -0.3 is 9.47 Å². The van der Waals surface area contributed by atoms with Crippen molar-refractivity contribution < 1.29 is 9.47 Å². The molecular formula is C59H45N3O2Si2. The molecule has 0 saturated carbocycles. The lowest BCUT2D eigenvalue weighted by Gasteiger charge is -2.40. The third kappa shape index (κ3) is 6.54. The van der Waals surface area contributed by atoms with Crippen molar-refractivity contribution in [3.63, 3.8) is 0 Å². The molecule has 0 fully saturated rings. The van der Waals surface area contributed by atoms with Crippen molar-refractivity contribution in [2.45, 2.75) is 13.8 Å². The van der Waals surface area contributed by atoms with E-state index in [2.05, 4.69) is 208 Å². The number of hydrogen-bond donors (Lipinski definition) is 1. The summed E-state index contributed by atoms with van der Waals surface area (Å²) in [7, 11) is -5.98. The SMILES string of the molecule is Cc1cccc(C)c1C=NC(=NC(=N)c1cccc2c1Oc1ccccc1[Si]2(c1ccccc1)c1ccccc1)c1cccc2c1Oc1ccccc1[Si]2(c1ccccc1)c1ccccc1. The van der Waals surface area contributed by atoms with E-state index in [-0.39, 0.29) is 5.84 Å². The largest absolute Gasteiger partial charge is 0.457 e. The summed E-state index contributed by atoms with van der Waals surface area (Å²) in [4.78, 5) is 10.5. The van der Waals surface area contributed by atoms with Crippen molar-refractivity contribution in [1.82, 2.24) is 0 Å². The van der Waals surface area contributed by atoms with Crippen molar-refractivity contribution in [3.8, 4) is 23.0 Å². The minimum absolute atomic E-state index is 0.0346. The van der Waals surface area contributed by atoms with E-state index in [1.54, 1.807) is 0 Å². The van der Waals surface area contributed by atoms with Gasteiger partial charge in [-0.15, -0.1) is 0 Å². The Morgan fingerprint density at radius 1 is 0.409 bits per heavy atom. The number of nitrogens with one attached hydrogen (secondary N) is 1. The van der Waals surface area contributed by atoms with Crippen LogP contribution in [-0.4, -0.2) is 34.0 Å². The topological polar surface area (TPSA) is 67.0 Å². The second-order valence-electron chi connectivity index (χ2n) is 16.9. The third-order valence-electron chi connectivity index (χ3n) is 13.2. The lowest BCUT2D eigenvalue weighted by atomic mass is 10.0. The van der Waals surface area contributed by atoms with Crippen LogP contribution < -0.4 is 51.0 Å². The van der Waals surface area contributed by atoms with E-state index in [4.69, 9.17) is 19.5 Å². The molecule has 0 bridgehead atoms. The molecule has 5 nitrogen and oxygen atoms in total. The van der Waals surface area contributed by atoms with Crippen LogP contribution in [0.15, 0.2) is 234 Å². The van der Waals surface area contributed by atoms with Gasteiger partial charge in [-0.25, -0.2) is 9.98 Å². The molecule has 2 aliphatic heterocycles. The fourth-order valence-corrected chi connectivity index (χ4v) is 20.2. The van der Waals surface area contributed by atoms with E-state index in [9.17, 15) is 5.41 Å². The van der Waals surface area contributed by atoms with Crippen molar-refractivity contribution in [2.24, 2.45) is 9.98 Å². The van der Waals surface area contributed by atoms with Gasteiger partial charge in [-0.2, -0.15) is 0 Å². The zero-order valence-corrected chi connectivity index (χ0v) is 38.7. The second-order valence-corrected chi connectivity index (χ2v) is 24.3. The molecule has 9 aromatic rings. The Morgan fingerprint density at radius 3 is 1.23 bits per heavy atom. The van der Waals surface area contributed by atoms with Gasteiger partial charge in [0, 0.05) is 6.21 Å². The number of nitrogens with zero attached hydrogens (tertiary/aromatic N) is 2. The van der Waals surface area contributed by atoms with Crippen LogP contribution in [0.4, 0.5) is 0 Å². The van der Waals surface area contributed by atoms with Crippen LogP contribution in [0.3, 0.4) is 0 Å². The predicted molar refractivity (Wildman–Crippen MR) is 277 cm³/mol. The maximum Gasteiger partial charge on any atom is 0.188 e. The summed E-state index contributed by atoms with van der Waals surface area (Å²) in [5.74, 6) is 3.33. The Hall–Kier alpha value is -7.98. The molecule has 316 valence electrons. The molecule has 0 aromatic heterocycles. The van der Waals surface area contributed by atoms with E-state index in [1.807, 2.05) is 36.5 Å². The van der Waals surface area contributed by atoms with Crippen LogP contribution in [0.1, 0.15) is 27.8 Å². The maximum atomic E-state index is 10.1. The molecule has 7 heteroatoms. The molecule has 0 spiro atoms. The van der Waals surface area contributed by atoms with Gasteiger partial charge in [-0.05, 0) is 96.3 Å². The van der Waals surface area contributed by atoms with E-state index in [1.165, 1.54) is 31.1 Å². The van der Waals surface area contributed by atoms with Gasteiger partial charge >= 0.3 is 0 Å². The van der Waals surface area contributed by atoms with Crippen LogP contribution in [0.25, 0.3) is 0 Å². The third-order valence-corrected chi connectivity index (χ3v) is 22.9. The molecule has 0 unspecified atom stereocenters. The number of rotatable bonds is 7. The average Bonchev–Trinajstić information content (AvgIpc) is 3.37. The molecule has 0 radical (unpaired) electrons. The van der Waals surface area contributed by atoms with Crippen LogP contribution in [0.2, 0.25) is 0 Å². The summed E-state index contributed by atoms with van der Waals surface area (Å²) >= 11 is 0. The Morgan fingerprint density at radius 2 is 0.773 bits per heavy atom. The molecule has 2 aliphatic rings. The minimum atomic E-state index is -3.00. The lowest BCUT2D eigenvalue weighted by molar-refractivity contribution is 0.486.